The van der Waals surface area contributed by atoms with Crippen molar-refractivity contribution in [1.82, 2.24) is 20.4 Å². The summed E-state index contributed by atoms with van der Waals surface area (Å²) in [7, 11) is 0. The number of hydrogen-bond acceptors (Lipinski definition) is 5. The van der Waals surface area contributed by atoms with Crippen molar-refractivity contribution in [3.8, 4) is 5.88 Å². The quantitative estimate of drug-likeness (QED) is 0.437. The number of amides is 2. The summed E-state index contributed by atoms with van der Waals surface area (Å²) in [5, 5.41) is 20.7. The van der Waals surface area contributed by atoms with Crippen LogP contribution in [0.3, 0.4) is 0 Å². The fraction of sp³-hybridized carbons (Fsp3) is 0.741. The Balaban J connectivity index is 1.79. The Morgan fingerprint density at radius 1 is 1.31 bits per heavy atom. The van der Waals surface area contributed by atoms with Gasteiger partial charge in [0.1, 0.15) is 5.56 Å². The molecule has 3 unspecified atom stereocenters. The number of aliphatic hydroxyl groups excluding tert-OH is 1. The Kier molecular flexibility index (Phi) is 9.39. The number of rotatable bonds is 11. The molecule has 0 aliphatic heterocycles. The third kappa shape index (κ3) is 7.32. The molecule has 35 heavy (non-hydrogen) atoms. The molecule has 2 saturated carbocycles. The first kappa shape index (κ1) is 27.2. The van der Waals surface area contributed by atoms with Crippen LogP contribution in [0.25, 0.3) is 6.20 Å². The van der Waals surface area contributed by atoms with E-state index in [1.807, 2.05) is 26.8 Å². The highest BCUT2D eigenvalue weighted by atomic mass is 16.5. The van der Waals surface area contributed by atoms with E-state index in [4.69, 9.17) is 4.74 Å². The van der Waals surface area contributed by atoms with E-state index in [9.17, 15) is 14.7 Å². The average Bonchev–Trinajstić information content (AvgIpc) is 3.21. The Hall–Kier alpha value is -2.35. The summed E-state index contributed by atoms with van der Waals surface area (Å²) in [5.74, 6) is 1.61. The van der Waals surface area contributed by atoms with Crippen LogP contribution in [0.2, 0.25) is 0 Å². The van der Waals surface area contributed by atoms with Gasteiger partial charge in [0, 0.05) is 31.2 Å². The predicted molar refractivity (Wildman–Crippen MR) is 137 cm³/mol. The van der Waals surface area contributed by atoms with Crippen LogP contribution >= 0.6 is 0 Å². The molecule has 196 valence electrons. The van der Waals surface area contributed by atoms with Crippen molar-refractivity contribution in [2.45, 2.75) is 91.1 Å². The summed E-state index contributed by atoms with van der Waals surface area (Å²) in [6.45, 7) is 10.4. The van der Waals surface area contributed by atoms with Crippen LogP contribution in [0, 0.1) is 23.7 Å². The van der Waals surface area contributed by atoms with Crippen molar-refractivity contribution in [2.75, 3.05) is 13.2 Å². The number of hydrogen-bond donors (Lipinski definition) is 3. The lowest BCUT2D eigenvalue weighted by Gasteiger charge is -2.45. The molecule has 1 heterocycles. The first-order valence-corrected chi connectivity index (χ1v) is 13.3. The number of aliphatic hydroxyl groups is 1. The van der Waals surface area contributed by atoms with Crippen LogP contribution < -0.4 is 15.4 Å². The Labute approximate surface area is 209 Å². The fourth-order valence-corrected chi connectivity index (χ4v) is 5.44. The molecule has 8 nitrogen and oxygen atoms in total. The highest BCUT2D eigenvalue weighted by molar-refractivity contribution is 5.96. The molecule has 2 bridgehead atoms. The molecule has 8 heteroatoms. The van der Waals surface area contributed by atoms with E-state index in [0.717, 1.165) is 25.7 Å². The zero-order valence-corrected chi connectivity index (χ0v) is 22.0. The smallest absolute Gasteiger partial charge is 0.258 e. The molecule has 1 aromatic rings. The molecule has 4 atom stereocenters. The van der Waals surface area contributed by atoms with Gasteiger partial charge < -0.3 is 20.5 Å². The second kappa shape index (κ2) is 12.1. The maximum Gasteiger partial charge on any atom is 0.258 e. The largest absolute Gasteiger partial charge is 0.477 e. The summed E-state index contributed by atoms with van der Waals surface area (Å²) in [6.07, 6.45) is 12.0. The molecule has 3 rings (SSSR count). The van der Waals surface area contributed by atoms with Gasteiger partial charge in [0.05, 0.1) is 18.3 Å². The van der Waals surface area contributed by atoms with E-state index in [0.29, 0.717) is 36.3 Å². The van der Waals surface area contributed by atoms with Gasteiger partial charge in [-0.2, -0.15) is 5.10 Å². The highest BCUT2D eigenvalue weighted by Crippen LogP contribution is 2.42. The monoisotopic (exact) mass is 488 g/mol. The first-order chi connectivity index (χ1) is 16.6. The summed E-state index contributed by atoms with van der Waals surface area (Å²) < 4.78 is 7.61. The topological polar surface area (TPSA) is 105 Å². The van der Waals surface area contributed by atoms with Crippen molar-refractivity contribution in [1.29, 1.82) is 0 Å². The van der Waals surface area contributed by atoms with E-state index in [1.54, 1.807) is 17.1 Å². The van der Waals surface area contributed by atoms with Gasteiger partial charge in [-0.05, 0) is 63.4 Å². The van der Waals surface area contributed by atoms with Gasteiger partial charge >= 0.3 is 0 Å². The van der Waals surface area contributed by atoms with Gasteiger partial charge in [-0.1, -0.05) is 33.6 Å². The van der Waals surface area contributed by atoms with E-state index in [-0.39, 0.29) is 36.3 Å². The van der Waals surface area contributed by atoms with Gasteiger partial charge in [0.2, 0.25) is 11.8 Å². The molecule has 0 saturated heterocycles. The average molecular weight is 489 g/mol. The molecule has 2 aliphatic carbocycles. The lowest BCUT2D eigenvalue weighted by Crippen LogP contribution is -2.51. The van der Waals surface area contributed by atoms with E-state index < -0.39 is 5.54 Å². The van der Waals surface area contributed by atoms with Gasteiger partial charge in [0.15, 0.2) is 0 Å². The molecular weight excluding hydrogens is 444 g/mol. The fourth-order valence-electron chi connectivity index (χ4n) is 5.44. The van der Waals surface area contributed by atoms with Gasteiger partial charge in [0.25, 0.3) is 5.91 Å². The minimum Gasteiger partial charge on any atom is -0.477 e. The van der Waals surface area contributed by atoms with Crippen molar-refractivity contribution in [3.05, 3.63) is 17.8 Å². The van der Waals surface area contributed by atoms with Crippen molar-refractivity contribution >= 4 is 18.0 Å². The third-order valence-corrected chi connectivity index (χ3v) is 7.13. The first-order valence-electron chi connectivity index (χ1n) is 13.3. The molecule has 0 spiro atoms. The summed E-state index contributed by atoms with van der Waals surface area (Å²) in [6, 6.07) is -0.0337. The molecule has 0 aromatic carbocycles. The van der Waals surface area contributed by atoms with Crippen molar-refractivity contribution in [3.63, 3.8) is 0 Å². The summed E-state index contributed by atoms with van der Waals surface area (Å²) in [4.78, 5) is 25.5. The zero-order chi connectivity index (χ0) is 25.6. The van der Waals surface area contributed by atoms with Crippen LogP contribution in [0.5, 0.6) is 5.88 Å². The molecule has 1 aromatic heterocycles. The van der Waals surface area contributed by atoms with E-state index >= 15 is 0 Å². The van der Waals surface area contributed by atoms with Crippen molar-refractivity contribution in [2.24, 2.45) is 23.7 Å². The third-order valence-electron chi connectivity index (χ3n) is 7.13. The van der Waals surface area contributed by atoms with Gasteiger partial charge in [-0.15, -0.1) is 0 Å². The number of ether oxygens (including phenoxy) is 1. The molecule has 2 amide bonds. The predicted octanol–water partition coefficient (Wildman–Crippen LogP) is 4.00. The van der Waals surface area contributed by atoms with Crippen LogP contribution in [0.1, 0.15) is 89.9 Å². The Morgan fingerprint density at radius 3 is 2.77 bits per heavy atom. The van der Waals surface area contributed by atoms with Crippen LogP contribution in [0.15, 0.2) is 12.3 Å². The second-order valence-electron chi connectivity index (χ2n) is 11.3. The van der Waals surface area contributed by atoms with E-state index in [2.05, 4.69) is 29.6 Å². The molecule has 2 fully saturated rings. The Bertz CT molecular complexity index is 890. The Morgan fingerprint density at radius 2 is 2.09 bits per heavy atom. The summed E-state index contributed by atoms with van der Waals surface area (Å²) >= 11 is 0. The summed E-state index contributed by atoms with van der Waals surface area (Å²) in [5.41, 5.74) is -0.193. The van der Waals surface area contributed by atoms with E-state index in [1.165, 1.54) is 12.8 Å². The zero-order valence-electron chi connectivity index (χ0n) is 22.0. The number of carbonyl (C=O) groups excluding carboxylic acids is 2. The maximum atomic E-state index is 13.4. The number of nitrogens with one attached hydrogen (secondary N) is 2. The lowest BCUT2D eigenvalue weighted by atomic mass is 9.65. The standard InChI is InChI=1S/C27H44N4O4/c1-6-8-23(33)30-27(4,5)11-12-31-26(35-17-18(2)3)22(15-28-31)25(34)29-24-20-10-7-9-19(13-20)14-21(24)16-32/h11-12,15,18-21,24,32H,6-10,13-14,16-17H2,1-5H3,(H,29,34)(H,30,33)/b12-11+/t19?,20?,21?,24-/m0/s1. The molecule has 3 N–H and O–H groups in total. The minimum absolute atomic E-state index is 0.00478. The van der Waals surface area contributed by atoms with Gasteiger partial charge in [-0.3, -0.25) is 9.59 Å². The van der Waals surface area contributed by atoms with Crippen LogP contribution in [0.4, 0.5) is 0 Å². The number of aromatic nitrogens is 2. The minimum atomic E-state index is -0.579. The number of nitrogens with zero attached hydrogens (tertiary/aromatic N) is 2. The second-order valence-corrected chi connectivity index (χ2v) is 11.3. The number of fused-ring (bicyclic) bond motifs is 2. The van der Waals surface area contributed by atoms with Crippen LogP contribution in [-0.4, -0.2) is 51.5 Å². The van der Waals surface area contributed by atoms with Crippen molar-refractivity contribution < 1.29 is 19.4 Å². The van der Waals surface area contributed by atoms with Crippen LogP contribution in [-0.2, 0) is 4.79 Å². The van der Waals surface area contributed by atoms with Gasteiger partial charge in [-0.25, -0.2) is 4.68 Å². The molecular formula is C27H44N4O4. The SMILES string of the molecule is CCCC(=O)NC(C)(C)/C=C/n1ncc(C(=O)N[C@@H]2C(CO)CC3CCCC2C3)c1OCC(C)C. The number of carbonyl (C=O) groups is 2. The molecule has 0 radical (unpaired) electrons. The highest BCUT2D eigenvalue weighted by Gasteiger charge is 2.40. The molecule has 2 aliphatic rings. The lowest BCUT2D eigenvalue weighted by molar-refractivity contribution is -0.122. The normalized spacial score (nSPS) is 24.5. The maximum absolute atomic E-state index is 13.4.